The molecular formula is C25H32ClN3O5. The molecule has 1 heterocycles. The normalized spacial score (nSPS) is 16.0. The first-order valence-corrected chi connectivity index (χ1v) is 11.1. The van der Waals surface area contributed by atoms with E-state index in [1.807, 2.05) is 30.3 Å². The molecule has 184 valence electrons. The number of benzene rings is 2. The molecule has 9 heteroatoms. The SMILES string of the molecule is C=CCOC.NNc1ccc(Cl)cc1C1=CC(c2ccc(OCC(O)CO)cc2)N(C=O)CC1. The van der Waals surface area contributed by atoms with Crippen LogP contribution in [0.4, 0.5) is 5.69 Å². The summed E-state index contributed by atoms with van der Waals surface area (Å²) in [6.45, 7) is 4.30. The van der Waals surface area contributed by atoms with Gasteiger partial charge in [0.1, 0.15) is 18.5 Å². The average molecular weight is 490 g/mol. The second-order valence-corrected chi connectivity index (χ2v) is 7.96. The zero-order valence-electron chi connectivity index (χ0n) is 19.2. The number of hydrazine groups is 1. The maximum absolute atomic E-state index is 11.6. The second kappa shape index (κ2) is 14.4. The minimum atomic E-state index is -0.924. The first-order valence-electron chi connectivity index (χ1n) is 10.8. The fraction of sp³-hybridized carbons (Fsp3) is 0.320. The maximum atomic E-state index is 11.6. The summed E-state index contributed by atoms with van der Waals surface area (Å²) in [5.74, 6) is 6.22. The van der Waals surface area contributed by atoms with E-state index in [9.17, 15) is 9.90 Å². The first kappa shape index (κ1) is 27.4. The highest BCUT2D eigenvalue weighted by atomic mass is 35.5. The lowest BCUT2D eigenvalue weighted by atomic mass is 9.92. The van der Waals surface area contributed by atoms with Crippen LogP contribution in [0.25, 0.3) is 5.57 Å². The number of nitrogens with one attached hydrogen (secondary N) is 1. The van der Waals surface area contributed by atoms with E-state index in [1.54, 1.807) is 36.3 Å². The highest BCUT2D eigenvalue weighted by Gasteiger charge is 2.24. The Morgan fingerprint density at radius 2 is 2.06 bits per heavy atom. The number of ether oxygens (including phenoxy) is 2. The number of amides is 1. The lowest BCUT2D eigenvalue weighted by molar-refractivity contribution is -0.119. The van der Waals surface area contributed by atoms with E-state index in [-0.39, 0.29) is 19.3 Å². The summed E-state index contributed by atoms with van der Waals surface area (Å²) in [6.07, 6.45) is 4.35. The fourth-order valence-corrected chi connectivity index (χ4v) is 3.59. The van der Waals surface area contributed by atoms with Crippen molar-refractivity contribution < 1.29 is 24.5 Å². The molecule has 8 nitrogen and oxygen atoms in total. The maximum Gasteiger partial charge on any atom is 0.210 e. The van der Waals surface area contributed by atoms with E-state index < -0.39 is 6.10 Å². The van der Waals surface area contributed by atoms with Gasteiger partial charge in [-0.25, -0.2) is 0 Å². The van der Waals surface area contributed by atoms with Crippen LogP contribution in [0.5, 0.6) is 5.75 Å². The number of carbonyl (C=O) groups excluding carboxylic acids is 1. The molecule has 2 unspecified atom stereocenters. The van der Waals surface area contributed by atoms with E-state index in [2.05, 4.69) is 16.7 Å². The van der Waals surface area contributed by atoms with Crippen molar-refractivity contribution in [3.63, 3.8) is 0 Å². The van der Waals surface area contributed by atoms with E-state index >= 15 is 0 Å². The van der Waals surface area contributed by atoms with Gasteiger partial charge in [-0.05, 0) is 47.9 Å². The minimum absolute atomic E-state index is 0.00736. The number of hydrogen-bond acceptors (Lipinski definition) is 7. The molecule has 1 aliphatic heterocycles. The summed E-state index contributed by atoms with van der Waals surface area (Å²) < 4.78 is 10.0. The Bertz CT molecular complexity index is 952. The quantitative estimate of drug-likeness (QED) is 0.175. The van der Waals surface area contributed by atoms with Gasteiger partial charge in [0.2, 0.25) is 6.41 Å². The highest BCUT2D eigenvalue weighted by Crippen LogP contribution is 2.36. The Labute approximate surface area is 205 Å². The summed E-state index contributed by atoms with van der Waals surface area (Å²) in [5, 5.41) is 18.9. The number of hydrogen-bond donors (Lipinski definition) is 4. The Balaban J connectivity index is 0.000000739. The lowest BCUT2D eigenvalue weighted by Crippen LogP contribution is -2.31. The van der Waals surface area contributed by atoms with Crippen LogP contribution in [0.1, 0.15) is 23.6 Å². The predicted octanol–water partition coefficient (Wildman–Crippen LogP) is 3.16. The van der Waals surface area contributed by atoms with Gasteiger partial charge in [-0.2, -0.15) is 0 Å². The van der Waals surface area contributed by atoms with E-state index in [4.69, 9.17) is 27.3 Å². The molecule has 0 aliphatic carbocycles. The van der Waals surface area contributed by atoms with Gasteiger partial charge >= 0.3 is 0 Å². The van der Waals surface area contributed by atoms with Crippen LogP contribution < -0.4 is 16.0 Å². The average Bonchev–Trinajstić information content (AvgIpc) is 2.88. The van der Waals surface area contributed by atoms with Crippen molar-refractivity contribution in [3.8, 4) is 5.75 Å². The summed E-state index contributed by atoms with van der Waals surface area (Å²) >= 11 is 6.17. The van der Waals surface area contributed by atoms with Crippen LogP contribution in [0.15, 0.2) is 61.2 Å². The molecule has 0 radical (unpaired) electrons. The third-order valence-electron chi connectivity index (χ3n) is 5.13. The van der Waals surface area contributed by atoms with Gasteiger partial charge < -0.3 is 30.0 Å². The zero-order valence-corrected chi connectivity index (χ0v) is 19.9. The number of aliphatic hydroxyl groups excluding tert-OH is 2. The topological polar surface area (TPSA) is 117 Å². The zero-order chi connectivity index (χ0) is 24.9. The largest absolute Gasteiger partial charge is 0.491 e. The van der Waals surface area contributed by atoms with Crippen molar-refractivity contribution in [2.75, 3.05) is 38.9 Å². The Morgan fingerprint density at radius 3 is 2.62 bits per heavy atom. The molecular weight excluding hydrogens is 458 g/mol. The summed E-state index contributed by atoms with van der Waals surface area (Å²) in [5.41, 5.74) is 6.35. The first-order chi connectivity index (χ1) is 16.5. The van der Waals surface area contributed by atoms with Crippen molar-refractivity contribution in [2.24, 2.45) is 5.84 Å². The van der Waals surface area contributed by atoms with Gasteiger partial charge in [-0.1, -0.05) is 35.9 Å². The summed E-state index contributed by atoms with van der Waals surface area (Å²) in [6, 6.07) is 12.5. The molecule has 2 atom stereocenters. The highest BCUT2D eigenvalue weighted by molar-refractivity contribution is 6.30. The predicted molar refractivity (Wildman–Crippen MR) is 134 cm³/mol. The number of nitrogens with two attached hydrogens (primary N) is 1. The summed E-state index contributed by atoms with van der Waals surface area (Å²) in [7, 11) is 1.64. The van der Waals surface area contributed by atoms with Gasteiger partial charge in [0, 0.05) is 24.2 Å². The molecule has 5 N–H and O–H groups in total. The van der Waals surface area contributed by atoms with E-state index in [1.165, 1.54) is 0 Å². The van der Waals surface area contributed by atoms with Crippen LogP contribution in [0, 0.1) is 0 Å². The van der Waals surface area contributed by atoms with Gasteiger partial charge in [0.05, 0.1) is 24.9 Å². The number of anilines is 1. The number of aliphatic hydroxyl groups is 2. The third-order valence-corrected chi connectivity index (χ3v) is 5.37. The molecule has 0 spiro atoms. The van der Waals surface area contributed by atoms with Crippen LogP contribution in [-0.4, -0.2) is 61.1 Å². The number of halogens is 1. The van der Waals surface area contributed by atoms with Gasteiger partial charge in [0.15, 0.2) is 0 Å². The molecule has 34 heavy (non-hydrogen) atoms. The standard InChI is InChI=1S/C21H24ClN3O4.C4H8O/c22-16-3-6-20(24-23)19(10-16)15-7-8-25(13-27)21(9-15)14-1-4-18(5-2-14)29-12-17(28)11-26;1-3-4-5-2/h1-6,9-10,13,17,21,24,26,28H,7-8,11-12,23H2;3H,1,4H2,2H3. The Morgan fingerprint density at radius 1 is 1.32 bits per heavy atom. The minimum Gasteiger partial charge on any atom is -0.491 e. The van der Waals surface area contributed by atoms with Gasteiger partial charge in [-0.3, -0.25) is 10.6 Å². The van der Waals surface area contributed by atoms with Crippen LogP contribution in [-0.2, 0) is 9.53 Å². The van der Waals surface area contributed by atoms with Crippen LogP contribution >= 0.6 is 11.6 Å². The van der Waals surface area contributed by atoms with Crippen LogP contribution in [0.2, 0.25) is 5.02 Å². The Kier molecular flexibility index (Phi) is 11.6. The van der Waals surface area contributed by atoms with Crippen molar-refractivity contribution in [2.45, 2.75) is 18.6 Å². The molecule has 2 aromatic carbocycles. The molecule has 1 aliphatic rings. The number of methoxy groups -OCH3 is 1. The molecule has 0 fully saturated rings. The number of rotatable bonds is 10. The second-order valence-electron chi connectivity index (χ2n) is 7.52. The van der Waals surface area contributed by atoms with E-state index in [0.717, 1.165) is 28.8 Å². The summed E-state index contributed by atoms with van der Waals surface area (Å²) in [4.78, 5) is 13.3. The number of carbonyl (C=O) groups is 1. The Hall–Kier alpha value is -2.88. The molecule has 2 aromatic rings. The smallest absolute Gasteiger partial charge is 0.210 e. The molecule has 0 saturated heterocycles. The monoisotopic (exact) mass is 489 g/mol. The third kappa shape index (κ3) is 7.86. The van der Waals surface area contributed by atoms with Crippen molar-refractivity contribution in [1.82, 2.24) is 4.90 Å². The molecule has 0 saturated carbocycles. The van der Waals surface area contributed by atoms with Crippen molar-refractivity contribution >= 4 is 29.3 Å². The fourth-order valence-electron chi connectivity index (χ4n) is 3.42. The van der Waals surface area contributed by atoms with E-state index in [0.29, 0.717) is 30.3 Å². The molecule has 3 rings (SSSR count). The molecule has 0 bridgehead atoms. The van der Waals surface area contributed by atoms with Gasteiger partial charge in [-0.15, -0.1) is 6.58 Å². The van der Waals surface area contributed by atoms with Crippen molar-refractivity contribution in [1.29, 1.82) is 0 Å². The number of nitrogens with zero attached hydrogens (tertiary/aromatic N) is 1. The van der Waals surface area contributed by atoms with Crippen LogP contribution in [0.3, 0.4) is 0 Å². The lowest BCUT2D eigenvalue weighted by Gasteiger charge is -2.32. The molecule has 1 amide bonds. The van der Waals surface area contributed by atoms with Crippen molar-refractivity contribution in [3.05, 3.63) is 77.3 Å². The van der Waals surface area contributed by atoms with Gasteiger partial charge in [0.25, 0.3) is 0 Å². The number of nitrogen functional groups attached to an aromatic ring is 1. The molecule has 0 aromatic heterocycles.